The zero-order valence-electron chi connectivity index (χ0n) is 10.3. The molecule has 1 atom stereocenters. The molecule has 2 heterocycles. The SMILES string of the molecule is CC(C)c1nnsc1C(N)Cc1ccncc1Cl. The molecular weight excluding hydrogens is 268 g/mol. The van der Waals surface area contributed by atoms with Crippen LogP contribution in [0, 0.1) is 0 Å². The summed E-state index contributed by atoms with van der Waals surface area (Å²) in [6.45, 7) is 4.18. The minimum absolute atomic E-state index is 0.123. The van der Waals surface area contributed by atoms with Gasteiger partial charge in [-0.2, -0.15) is 0 Å². The summed E-state index contributed by atoms with van der Waals surface area (Å²) in [7, 11) is 0. The second-order valence-corrected chi connectivity index (χ2v) is 5.65. The van der Waals surface area contributed by atoms with E-state index in [1.165, 1.54) is 11.5 Å². The monoisotopic (exact) mass is 282 g/mol. The van der Waals surface area contributed by atoms with Crippen LogP contribution in [0.4, 0.5) is 0 Å². The van der Waals surface area contributed by atoms with E-state index < -0.39 is 0 Å². The molecule has 6 heteroatoms. The van der Waals surface area contributed by atoms with E-state index in [0.717, 1.165) is 16.1 Å². The van der Waals surface area contributed by atoms with Gasteiger partial charge in [-0.3, -0.25) is 4.98 Å². The Morgan fingerprint density at radius 2 is 2.22 bits per heavy atom. The highest BCUT2D eigenvalue weighted by Gasteiger charge is 2.19. The molecule has 2 aromatic heterocycles. The van der Waals surface area contributed by atoms with Gasteiger partial charge in [0.1, 0.15) is 0 Å². The summed E-state index contributed by atoms with van der Waals surface area (Å²) in [5.74, 6) is 0.331. The van der Waals surface area contributed by atoms with Crippen molar-refractivity contribution in [1.82, 2.24) is 14.6 Å². The number of hydrogen-bond donors (Lipinski definition) is 1. The lowest BCUT2D eigenvalue weighted by molar-refractivity contribution is 0.700. The molecule has 0 spiro atoms. The molecule has 0 aromatic carbocycles. The number of aromatic nitrogens is 3. The van der Waals surface area contributed by atoms with Crippen LogP contribution < -0.4 is 5.73 Å². The minimum atomic E-state index is -0.123. The van der Waals surface area contributed by atoms with Gasteiger partial charge in [0.15, 0.2) is 0 Å². The van der Waals surface area contributed by atoms with Gasteiger partial charge in [0.2, 0.25) is 0 Å². The fourth-order valence-electron chi connectivity index (χ4n) is 1.76. The van der Waals surface area contributed by atoms with Crippen molar-refractivity contribution in [1.29, 1.82) is 0 Å². The molecule has 2 aromatic rings. The van der Waals surface area contributed by atoms with Crippen molar-refractivity contribution < 1.29 is 0 Å². The number of halogens is 1. The number of pyridine rings is 1. The van der Waals surface area contributed by atoms with E-state index >= 15 is 0 Å². The maximum absolute atomic E-state index is 6.23. The van der Waals surface area contributed by atoms with Gasteiger partial charge in [0.25, 0.3) is 0 Å². The molecule has 18 heavy (non-hydrogen) atoms. The Hall–Kier alpha value is -1.04. The molecule has 1 unspecified atom stereocenters. The number of hydrogen-bond acceptors (Lipinski definition) is 5. The standard InChI is InChI=1S/C12H15ClN4S/c1-7(2)11-12(18-17-16-11)10(14)5-8-3-4-15-6-9(8)13/h3-4,6-7,10H,5,14H2,1-2H3. The fraction of sp³-hybridized carbons (Fsp3) is 0.417. The molecule has 0 amide bonds. The van der Waals surface area contributed by atoms with Crippen molar-refractivity contribution in [3.8, 4) is 0 Å². The second kappa shape index (κ2) is 5.73. The summed E-state index contributed by atoms with van der Waals surface area (Å²) in [4.78, 5) is 5.01. The Morgan fingerprint density at radius 3 is 2.89 bits per heavy atom. The van der Waals surface area contributed by atoms with E-state index in [2.05, 4.69) is 28.4 Å². The molecule has 2 N–H and O–H groups in total. The summed E-state index contributed by atoms with van der Waals surface area (Å²) in [5, 5.41) is 4.79. The summed E-state index contributed by atoms with van der Waals surface area (Å²) >= 11 is 7.45. The summed E-state index contributed by atoms with van der Waals surface area (Å²) < 4.78 is 3.99. The molecule has 0 aliphatic carbocycles. The van der Waals surface area contributed by atoms with Gasteiger partial charge in [-0.1, -0.05) is 29.9 Å². The minimum Gasteiger partial charge on any atom is -0.323 e. The quantitative estimate of drug-likeness (QED) is 0.936. The van der Waals surface area contributed by atoms with E-state index in [9.17, 15) is 0 Å². The van der Waals surface area contributed by atoms with Crippen molar-refractivity contribution in [2.75, 3.05) is 0 Å². The third kappa shape index (κ3) is 2.85. The van der Waals surface area contributed by atoms with Gasteiger partial charge >= 0.3 is 0 Å². The molecule has 0 saturated carbocycles. The third-order valence-electron chi connectivity index (χ3n) is 2.72. The van der Waals surface area contributed by atoms with Gasteiger partial charge in [-0.25, -0.2) is 0 Å². The molecular formula is C12H15ClN4S. The van der Waals surface area contributed by atoms with E-state index in [-0.39, 0.29) is 6.04 Å². The molecule has 0 aliphatic heterocycles. The summed E-state index contributed by atoms with van der Waals surface area (Å²) in [6, 6.07) is 1.77. The fourth-order valence-corrected chi connectivity index (χ4v) is 2.76. The lowest BCUT2D eigenvalue weighted by Gasteiger charge is -2.13. The smallest absolute Gasteiger partial charge is 0.0829 e. The third-order valence-corrected chi connectivity index (χ3v) is 3.93. The van der Waals surface area contributed by atoms with Crippen molar-refractivity contribution in [3.05, 3.63) is 39.6 Å². The largest absolute Gasteiger partial charge is 0.323 e. The van der Waals surface area contributed by atoms with Gasteiger partial charge in [-0.15, -0.1) is 5.10 Å². The van der Waals surface area contributed by atoms with Crippen LogP contribution in [0.3, 0.4) is 0 Å². The predicted molar refractivity (Wildman–Crippen MR) is 73.9 cm³/mol. The number of nitrogens with zero attached hydrogens (tertiary/aromatic N) is 3. The van der Waals surface area contributed by atoms with Crippen molar-refractivity contribution >= 4 is 23.1 Å². The Balaban J connectivity index is 2.20. The number of rotatable bonds is 4. The normalized spacial score (nSPS) is 12.9. The first-order valence-electron chi connectivity index (χ1n) is 5.75. The van der Waals surface area contributed by atoms with E-state index in [1.54, 1.807) is 12.4 Å². The summed E-state index contributed by atoms with van der Waals surface area (Å²) in [6.07, 6.45) is 4.03. The lowest BCUT2D eigenvalue weighted by atomic mass is 10.0. The molecule has 96 valence electrons. The molecule has 0 radical (unpaired) electrons. The Morgan fingerprint density at radius 1 is 1.44 bits per heavy atom. The highest BCUT2D eigenvalue weighted by atomic mass is 35.5. The van der Waals surface area contributed by atoms with E-state index in [4.69, 9.17) is 17.3 Å². The molecule has 0 fully saturated rings. The van der Waals surface area contributed by atoms with Gasteiger partial charge in [0.05, 0.1) is 15.6 Å². The van der Waals surface area contributed by atoms with Crippen LogP contribution in [-0.2, 0) is 6.42 Å². The molecule has 0 aliphatic rings. The van der Waals surface area contributed by atoms with Crippen LogP contribution >= 0.6 is 23.1 Å². The van der Waals surface area contributed by atoms with Gasteiger partial charge in [0, 0.05) is 18.4 Å². The van der Waals surface area contributed by atoms with Crippen LogP contribution in [0.25, 0.3) is 0 Å². The Kier molecular flexibility index (Phi) is 4.27. The van der Waals surface area contributed by atoms with Crippen LogP contribution in [0.15, 0.2) is 18.5 Å². The average molecular weight is 283 g/mol. The van der Waals surface area contributed by atoms with Gasteiger partial charge < -0.3 is 5.73 Å². The van der Waals surface area contributed by atoms with E-state index in [0.29, 0.717) is 17.4 Å². The topological polar surface area (TPSA) is 64.7 Å². The van der Waals surface area contributed by atoms with Crippen molar-refractivity contribution in [2.24, 2.45) is 5.73 Å². The van der Waals surface area contributed by atoms with Crippen LogP contribution in [0.2, 0.25) is 5.02 Å². The number of nitrogens with two attached hydrogens (primary N) is 1. The Labute approximate surface area is 115 Å². The lowest BCUT2D eigenvalue weighted by Crippen LogP contribution is -2.14. The molecule has 0 saturated heterocycles. The first-order chi connectivity index (χ1) is 8.59. The zero-order valence-corrected chi connectivity index (χ0v) is 11.9. The molecule has 0 bridgehead atoms. The second-order valence-electron chi connectivity index (χ2n) is 4.45. The van der Waals surface area contributed by atoms with Crippen molar-refractivity contribution in [2.45, 2.75) is 32.2 Å². The Bertz CT molecular complexity index is 526. The first-order valence-corrected chi connectivity index (χ1v) is 6.90. The van der Waals surface area contributed by atoms with Crippen LogP contribution in [-0.4, -0.2) is 14.6 Å². The average Bonchev–Trinajstić information content (AvgIpc) is 2.81. The highest BCUT2D eigenvalue weighted by molar-refractivity contribution is 7.05. The highest BCUT2D eigenvalue weighted by Crippen LogP contribution is 2.28. The maximum Gasteiger partial charge on any atom is 0.0829 e. The summed E-state index contributed by atoms with van der Waals surface area (Å²) in [5.41, 5.74) is 8.22. The first kappa shape index (κ1) is 13.4. The van der Waals surface area contributed by atoms with E-state index in [1.807, 2.05) is 6.07 Å². The molecule has 4 nitrogen and oxygen atoms in total. The van der Waals surface area contributed by atoms with Gasteiger partial charge in [-0.05, 0) is 35.5 Å². The predicted octanol–water partition coefficient (Wildman–Crippen LogP) is 2.95. The molecule has 2 rings (SSSR count). The maximum atomic E-state index is 6.23. The van der Waals surface area contributed by atoms with Crippen molar-refractivity contribution in [3.63, 3.8) is 0 Å². The van der Waals surface area contributed by atoms with Crippen LogP contribution in [0.5, 0.6) is 0 Å². The zero-order chi connectivity index (χ0) is 13.1. The van der Waals surface area contributed by atoms with Crippen LogP contribution in [0.1, 0.15) is 41.9 Å².